The number of benzene rings is 2. The zero-order chi connectivity index (χ0) is 14.0. The number of aryl methyl sites for hydroxylation is 1. The van der Waals surface area contributed by atoms with Gasteiger partial charge in [-0.2, -0.15) is 0 Å². The minimum atomic E-state index is -0.465. The Labute approximate surface area is 115 Å². The second-order valence-electron chi connectivity index (χ2n) is 4.14. The molecular weight excluding hydrogens is 267 g/mol. The molecule has 0 radical (unpaired) electrons. The molecule has 2 aromatic rings. The van der Waals surface area contributed by atoms with Crippen molar-refractivity contribution < 1.29 is 13.9 Å². The molecule has 0 aliphatic rings. The van der Waals surface area contributed by atoms with Crippen LogP contribution in [0.25, 0.3) is 0 Å². The molecule has 2 nitrogen and oxygen atoms in total. The van der Waals surface area contributed by atoms with E-state index in [1.807, 2.05) is 6.92 Å². The van der Waals surface area contributed by atoms with E-state index in [4.69, 9.17) is 16.3 Å². The maximum Gasteiger partial charge on any atom is 0.194 e. The number of ketones is 1. The van der Waals surface area contributed by atoms with Gasteiger partial charge in [-0.3, -0.25) is 4.79 Å². The van der Waals surface area contributed by atoms with Gasteiger partial charge in [0.15, 0.2) is 5.78 Å². The third-order valence-electron chi connectivity index (χ3n) is 2.83. The first-order valence-electron chi connectivity index (χ1n) is 5.67. The molecule has 4 heteroatoms. The van der Waals surface area contributed by atoms with Crippen molar-refractivity contribution in [3.8, 4) is 5.75 Å². The van der Waals surface area contributed by atoms with E-state index in [1.54, 1.807) is 25.3 Å². The van der Waals surface area contributed by atoms with Crippen LogP contribution in [-0.4, -0.2) is 12.9 Å². The Morgan fingerprint density at radius 1 is 1.21 bits per heavy atom. The van der Waals surface area contributed by atoms with Gasteiger partial charge < -0.3 is 4.74 Å². The van der Waals surface area contributed by atoms with Crippen molar-refractivity contribution in [1.82, 2.24) is 0 Å². The van der Waals surface area contributed by atoms with E-state index >= 15 is 0 Å². The highest BCUT2D eigenvalue weighted by Crippen LogP contribution is 2.24. The van der Waals surface area contributed by atoms with Crippen LogP contribution in [0.4, 0.5) is 4.39 Å². The first-order chi connectivity index (χ1) is 9.02. The highest BCUT2D eigenvalue weighted by atomic mass is 35.5. The maximum absolute atomic E-state index is 13.0. The number of ether oxygens (including phenoxy) is 1. The average Bonchev–Trinajstić information content (AvgIpc) is 2.38. The molecule has 0 unspecified atom stereocenters. The Morgan fingerprint density at radius 2 is 1.95 bits per heavy atom. The molecule has 0 atom stereocenters. The third-order valence-corrected chi connectivity index (χ3v) is 3.15. The molecule has 2 rings (SSSR count). The van der Waals surface area contributed by atoms with Gasteiger partial charge in [-0.25, -0.2) is 4.39 Å². The van der Waals surface area contributed by atoms with Gasteiger partial charge in [0.1, 0.15) is 11.6 Å². The van der Waals surface area contributed by atoms with Gasteiger partial charge in [-0.1, -0.05) is 11.6 Å². The molecule has 0 saturated heterocycles. The molecule has 0 saturated carbocycles. The summed E-state index contributed by atoms with van der Waals surface area (Å²) in [5.41, 5.74) is 1.63. The summed E-state index contributed by atoms with van der Waals surface area (Å²) in [7, 11) is 1.57. The van der Waals surface area contributed by atoms with Crippen molar-refractivity contribution >= 4 is 17.4 Å². The summed E-state index contributed by atoms with van der Waals surface area (Å²) in [6.45, 7) is 1.85. The van der Waals surface area contributed by atoms with Gasteiger partial charge >= 0.3 is 0 Å². The zero-order valence-electron chi connectivity index (χ0n) is 10.5. The Balaban J connectivity index is 2.41. The maximum atomic E-state index is 13.0. The molecule has 0 heterocycles. The largest absolute Gasteiger partial charge is 0.496 e. The lowest BCUT2D eigenvalue weighted by Crippen LogP contribution is -2.03. The summed E-state index contributed by atoms with van der Waals surface area (Å²) < 4.78 is 18.1. The van der Waals surface area contributed by atoms with Crippen LogP contribution < -0.4 is 4.74 Å². The van der Waals surface area contributed by atoms with Crippen molar-refractivity contribution in [2.45, 2.75) is 6.92 Å². The smallest absolute Gasteiger partial charge is 0.194 e. The molecule has 0 bridgehead atoms. The van der Waals surface area contributed by atoms with Gasteiger partial charge in [0.05, 0.1) is 12.1 Å². The lowest BCUT2D eigenvalue weighted by Gasteiger charge is -2.08. The Bertz CT molecular complexity index is 638. The fourth-order valence-electron chi connectivity index (χ4n) is 1.85. The predicted octanol–water partition coefficient (Wildman–Crippen LogP) is 4.03. The highest BCUT2D eigenvalue weighted by molar-refractivity contribution is 6.35. The van der Waals surface area contributed by atoms with Crippen LogP contribution in [0.5, 0.6) is 5.75 Å². The van der Waals surface area contributed by atoms with E-state index in [0.717, 1.165) is 11.6 Å². The Morgan fingerprint density at radius 3 is 2.53 bits per heavy atom. The Hall–Kier alpha value is -1.87. The van der Waals surface area contributed by atoms with Crippen molar-refractivity contribution in [3.05, 3.63) is 63.9 Å². The first-order valence-corrected chi connectivity index (χ1v) is 6.05. The summed E-state index contributed by atoms with van der Waals surface area (Å²) in [6.07, 6.45) is 0. The molecule has 98 valence electrons. The monoisotopic (exact) mass is 278 g/mol. The van der Waals surface area contributed by atoms with Crippen LogP contribution in [0.3, 0.4) is 0 Å². The van der Waals surface area contributed by atoms with Crippen LogP contribution in [0.15, 0.2) is 36.4 Å². The summed E-state index contributed by atoms with van der Waals surface area (Å²) in [5.74, 6) is 0.00460. The van der Waals surface area contributed by atoms with Crippen LogP contribution >= 0.6 is 11.6 Å². The minimum Gasteiger partial charge on any atom is -0.496 e. The molecule has 0 N–H and O–H groups in total. The second-order valence-corrected chi connectivity index (χ2v) is 4.54. The molecular formula is C15H12ClFO2. The van der Waals surface area contributed by atoms with Crippen LogP contribution in [0.2, 0.25) is 5.02 Å². The number of halogens is 2. The van der Waals surface area contributed by atoms with Crippen LogP contribution in [0.1, 0.15) is 21.5 Å². The van der Waals surface area contributed by atoms with Crippen molar-refractivity contribution in [2.24, 2.45) is 0 Å². The van der Waals surface area contributed by atoms with Crippen LogP contribution in [-0.2, 0) is 0 Å². The van der Waals surface area contributed by atoms with Gasteiger partial charge in [-0.15, -0.1) is 0 Å². The number of rotatable bonds is 3. The van der Waals surface area contributed by atoms with Gasteiger partial charge in [0.2, 0.25) is 0 Å². The Kier molecular flexibility index (Phi) is 3.86. The molecule has 0 amide bonds. The number of methoxy groups -OCH3 is 1. The number of hydrogen-bond acceptors (Lipinski definition) is 2. The van der Waals surface area contributed by atoms with E-state index in [2.05, 4.69) is 0 Å². The lowest BCUT2D eigenvalue weighted by atomic mass is 10.0. The third kappa shape index (κ3) is 2.76. The topological polar surface area (TPSA) is 26.3 Å². The van der Waals surface area contributed by atoms with E-state index in [9.17, 15) is 9.18 Å². The van der Waals surface area contributed by atoms with E-state index < -0.39 is 5.82 Å². The second kappa shape index (κ2) is 5.41. The first kappa shape index (κ1) is 13.6. The fraction of sp³-hybridized carbons (Fsp3) is 0.133. The SMILES string of the molecule is COc1ccc(C(=O)c2ccc(F)cc2Cl)cc1C. The van der Waals surface area contributed by atoms with Gasteiger partial charge in [-0.05, 0) is 48.9 Å². The van der Waals surface area contributed by atoms with Crippen molar-refractivity contribution in [3.63, 3.8) is 0 Å². The van der Waals surface area contributed by atoms with Gasteiger partial charge in [0, 0.05) is 11.1 Å². The molecule has 0 aromatic heterocycles. The molecule has 0 aliphatic carbocycles. The standard InChI is InChI=1S/C15H12ClFO2/c1-9-7-10(3-6-14(9)19-2)15(18)12-5-4-11(17)8-13(12)16/h3-8H,1-2H3. The van der Waals surface area contributed by atoms with Gasteiger partial charge in [0.25, 0.3) is 0 Å². The fourth-order valence-corrected chi connectivity index (χ4v) is 2.10. The summed E-state index contributed by atoms with van der Waals surface area (Å²) in [6, 6.07) is 8.84. The molecule has 0 aliphatic heterocycles. The highest BCUT2D eigenvalue weighted by Gasteiger charge is 2.14. The molecule has 19 heavy (non-hydrogen) atoms. The number of carbonyl (C=O) groups excluding carboxylic acids is 1. The van der Waals surface area contributed by atoms with Crippen LogP contribution in [0, 0.1) is 12.7 Å². The minimum absolute atomic E-state index is 0.110. The summed E-state index contributed by atoms with van der Waals surface area (Å²) >= 11 is 5.89. The molecule has 0 fully saturated rings. The number of hydrogen-bond donors (Lipinski definition) is 0. The molecule has 0 spiro atoms. The van der Waals surface area contributed by atoms with Crippen molar-refractivity contribution in [2.75, 3.05) is 7.11 Å². The lowest BCUT2D eigenvalue weighted by molar-refractivity contribution is 0.103. The van der Waals surface area contributed by atoms with Crippen molar-refractivity contribution in [1.29, 1.82) is 0 Å². The number of carbonyl (C=O) groups is 1. The predicted molar refractivity (Wildman–Crippen MR) is 72.6 cm³/mol. The van der Waals surface area contributed by atoms with E-state index in [-0.39, 0.29) is 16.4 Å². The summed E-state index contributed by atoms with van der Waals surface area (Å²) in [5, 5.41) is 0.110. The van der Waals surface area contributed by atoms with E-state index in [0.29, 0.717) is 11.3 Å². The normalized spacial score (nSPS) is 10.3. The van der Waals surface area contributed by atoms with E-state index in [1.165, 1.54) is 12.1 Å². The zero-order valence-corrected chi connectivity index (χ0v) is 11.3. The average molecular weight is 279 g/mol. The quantitative estimate of drug-likeness (QED) is 0.793. The molecule has 2 aromatic carbocycles. The summed E-state index contributed by atoms with van der Waals surface area (Å²) in [4.78, 5) is 12.3.